The number of aromatic amines is 1. The van der Waals surface area contributed by atoms with Gasteiger partial charge in [-0.05, 0) is 38.8 Å². The zero-order valence-electron chi connectivity index (χ0n) is 11.2. The summed E-state index contributed by atoms with van der Waals surface area (Å²) in [4.78, 5) is 25.1. The number of rotatable bonds is 3. The van der Waals surface area contributed by atoms with Gasteiger partial charge in [-0.15, -0.1) is 0 Å². The van der Waals surface area contributed by atoms with Gasteiger partial charge in [-0.2, -0.15) is 0 Å². The van der Waals surface area contributed by atoms with E-state index in [1.165, 1.54) is 6.07 Å². The standard InChI is InChI=1S/C14H19NO3/c1-10-8-12(16)15-9-11(10)6-5-7-13(17)18-14(2,3)4/h5-6,8-9H,7H2,1-4H3,(H,15,16)/b6-5+. The summed E-state index contributed by atoms with van der Waals surface area (Å²) in [5, 5.41) is 0. The summed E-state index contributed by atoms with van der Waals surface area (Å²) in [6.07, 6.45) is 5.38. The Bertz CT molecular complexity index is 507. The Balaban J connectivity index is 2.60. The molecule has 0 spiro atoms. The van der Waals surface area contributed by atoms with Crippen molar-refractivity contribution in [3.8, 4) is 0 Å². The van der Waals surface area contributed by atoms with Gasteiger partial charge >= 0.3 is 5.97 Å². The van der Waals surface area contributed by atoms with Crippen LogP contribution < -0.4 is 5.56 Å². The number of aryl methyl sites for hydroxylation is 1. The van der Waals surface area contributed by atoms with Crippen LogP contribution in [-0.2, 0) is 9.53 Å². The second kappa shape index (κ2) is 5.67. The fourth-order valence-electron chi connectivity index (χ4n) is 1.43. The number of nitrogens with one attached hydrogen (secondary N) is 1. The first-order valence-electron chi connectivity index (χ1n) is 5.86. The van der Waals surface area contributed by atoms with Gasteiger partial charge in [0, 0.05) is 12.3 Å². The Labute approximate surface area is 107 Å². The average molecular weight is 249 g/mol. The van der Waals surface area contributed by atoms with Gasteiger partial charge in [0.2, 0.25) is 5.56 Å². The van der Waals surface area contributed by atoms with Crippen LogP contribution in [0.4, 0.5) is 0 Å². The molecule has 0 aliphatic carbocycles. The van der Waals surface area contributed by atoms with Crippen molar-refractivity contribution in [2.75, 3.05) is 0 Å². The molecule has 0 fully saturated rings. The summed E-state index contributed by atoms with van der Waals surface area (Å²) in [6.45, 7) is 7.35. The van der Waals surface area contributed by atoms with Gasteiger partial charge < -0.3 is 9.72 Å². The molecule has 1 aromatic rings. The van der Waals surface area contributed by atoms with E-state index in [0.717, 1.165) is 11.1 Å². The summed E-state index contributed by atoms with van der Waals surface area (Å²) in [5.74, 6) is -0.263. The Hall–Kier alpha value is -1.84. The predicted molar refractivity (Wildman–Crippen MR) is 71.3 cm³/mol. The molecule has 18 heavy (non-hydrogen) atoms. The molecular formula is C14H19NO3. The van der Waals surface area contributed by atoms with Crippen LogP contribution in [0.15, 0.2) is 23.1 Å². The van der Waals surface area contributed by atoms with Gasteiger partial charge in [0.25, 0.3) is 0 Å². The van der Waals surface area contributed by atoms with Crippen molar-refractivity contribution in [3.05, 3.63) is 39.8 Å². The molecule has 4 nitrogen and oxygen atoms in total. The number of esters is 1. The molecular weight excluding hydrogens is 230 g/mol. The summed E-state index contributed by atoms with van der Waals surface area (Å²) in [6, 6.07) is 1.52. The maximum Gasteiger partial charge on any atom is 0.310 e. The van der Waals surface area contributed by atoms with Crippen molar-refractivity contribution in [1.82, 2.24) is 4.98 Å². The molecule has 1 rings (SSSR count). The molecule has 0 aromatic carbocycles. The molecule has 98 valence electrons. The molecule has 1 N–H and O–H groups in total. The fraction of sp³-hybridized carbons (Fsp3) is 0.429. The second-order valence-corrected chi connectivity index (χ2v) is 5.13. The molecule has 0 aliphatic rings. The van der Waals surface area contributed by atoms with Crippen LogP contribution in [0, 0.1) is 6.92 Å². The highest BCUT2D eigenvalue weighted by molar-refractivity contribution is 5.73. The minimum absolute atomic E-state index is 0.128. The number of aromatic nitrogens is 1. The summed E-state index contributed by atoms with van der Waals surface area (Å²) >= 11 is 0. The highest BCUT2D eigenvalue weighted by Crippen LogP contribution is 2.10. The van der Waals surface area contributed by atoms with E-state index in [0.29, 0.717) is 0 Å². The molecule has 0 saturated heterocycles. The maximum absolute atomic E-state index is 11.5. The lowest BCUT2D eigenvalue weighted by molar-refractivity contribution is -0.153. The fourth-order valence-corrected chi connectivity index (χ4v) is 1.43. The zero-order chi connectivity index (χ0) is 13.8. The van der Waals surface area contributed by atoms with Gasteiger partial charge in [0.05, 0.1) is 6.42 Å². The monoisotopic (exact) mass is 249 g/mol. The molecule has 0 amide bonds. The topological polar surface area (TPSA) is 59.2 Å². The van der Waals surface area contributed by atoms with Crippen molar-refractivity contribution in [1.29, 1.82) is 0 Å². The third-order valence-electron chi connectivity index (χ3n) is 2.17. The molecule has 1 heterocycles. The Morgan fingerprint density at radius 2 is 2.11 bits per heavy atom. The van der Waals surface area contributed by atoms with Gasteiger partial charge in [-0.3, -0.25) is 9.59 Å². The van der Waals surface area contributed by atoms with Crippen LogP contribution in [0.1, 0.15) is 38.3 Å². The number of carbonyl (C=O) groups is 1. The van der Waals surface area contributed by atoms with Crippen molar-refractivity contribution >= 4 is 12.0 Å². The van der Waals surface area contributed by atoms with Crippen LogP contribution >= 0.6 is 0 Å². The van der Waals surface area contributed by atoms with Crippen molar-refractivity contribution in [2.45, 2.75) is 39.7 Å². The summed E-state index contributed by atoms with van der Waals surface area (Å²) < 4.78 is 5.18. The number of hydrogen-bond donors (Lipinski definition) is 1. The number of ether oxygens (including phenoxy) is 1. The first-order chi connectivity index (χ1) is 8.28. The van der Waals surface area contributed by atoms with Gasteiger partial charge in [-0.25, -0.2) is 0 Å². The summed E-state index contributed by atoms with van der Waals surface area (Å²) in [5.41, 5.74) is 1.17. The Morgan fingerprint density at radius 3 is 2.67 bits per heavy atom. The highest BCUT2D eigenvalue weighted by atomic mass is 16.6. The van der Waals surface area contributed by atoms with Crippen molar-refractivity contribution in [3.63, 3.8) is 0 Å². The first-order valence-corrected chi connectivity index (χ1v) is 5.86. The average Bonchev–Trinajstić information content (AvgIpc) is 2.18. The van der Waals surface area contributed by atoms with E-state index in [1.54, 1.807) is 18.3 Å². The van der Waals surface area contributed by atoms with E-state index in [-0.39, 0.29) is 17.9 Å². The van der Waals surface area contributed by atoms with Crippen LogP contribution in [0.2, 0.25) is 0 Å². The van der Waals surface area contributed by atoms with E-state index < -0.39 is 5.60 Å². The third-order valence-corrected chi connectivity index (χ3v) is 2.17. The van der Waals surface area contributed by atoms with E-state index >= 15 is 0 Å². The zero-order valence-corrected chi connectivity index (χ0v) is 11.2. The lowest BCUT2D eigenvalue weighted by Gasteiger charge is -2.18. The van der Waals surface area contributed by atoms with Crippen LogP contribution in [0.3, 0.4) is 0 Å². The number of pyridine rings is 1. The molecule has 0 aliphatic heterocycles. The van der Waals surface area contributed by atoms with Crippen molar-refractivity contribution < 1.29 is 9.53 Å². The van der Waals surface area contributed by atoms with E-state index in [2.05, 4.69) is 4.98 Å². The molecule has 0 atom stereocenters. The number of hydrogen-bond acceptors (Lipinski definition) is 3. The molecule has 4 heteroatoms. The Morgan fingerprint density at radius 1 is 1.44 bits per heavy atom. The first kappa shape index (κ1) is 14.2. The van der Waals surface area contributed by atoms with Crippen LogP contribution in [-0.4, -0.2) is 16.6 Å². The smallest absolute Gasteiger partial charge is 0.310 e. The normalized spacial score (nSPS) is 11.8. The van der Waals surface area contributed by atoms with Crippen molar-refractivity contribution in [2.24, 2.45) is 0 Å². The number of H-pyrrole nitrogens is 1. The lowest BCUT2D eigenvalue weighted by Crippen LogP contribution is -2.23. The molecule has 0 unspecified atom stereocenters. The van der Waals surface area contributed by atoms with E-state index in [4.69, 9.17) is 4.74 Å². The second-order valence-electron chi connectivity index (χ2n) is 5.13. The van der Waals surface area contributed by atoms with Gasteiger partial charge in [0.15, 0.2) is 0 Å². The lowest BCUT2D eigenvalue weighted by atomic mass is 10.1. The van der Waals surface area contributed by atoms with Gasteiger partial charge in [-0.1, -0.05) is 12.2 Å². The molecule has 0 radical (unpaired) electrons. The maximum atomic E-state index is 11.5. The van der Waals surface area contributed by atoms with E-state index in [1.807, 2.05) is 27.7 Å². The Kier molecular flexibility index (Phi) is 4.48. The van der Waals surface area contributed by atoms with E-state index in [9.17, 15) is 9.59 Å². The SMILES string of the molecule is Cc1cc(=O)[nH]cc1/C=C/CC(=O)OC(C)(C)C. The number of carbonyl (C=O) groups excluding carboxylic acids is 1. The minimum atomic E-state index is -0.460. The van der Waals surface area contributed by atoms with Gasteiger partial charge in [0.1, 0.15) is 5.60 Å². The summed E-state index contributed by atoms with van der Waals surface area (Å²) in [7, 11) is 0. The quantitative estimate of drug-likeness (QED) is 0.837. The molecule has 0 bridgehead atoms. The highest BCUT2D eigenvalue weighted by Gasteiger charge is 2.14. The predicted octanol–water partition coefficient (Wildman–Crippen LogP) is 2.43. The minimum Gasteiger partial charge on any atom is -0.460 e. The molecule has 0 saturated carbocycles. The third kappa shape index (κ3) is 4.99. The molecule has 1 aromatic heterocycles. The van der Waals surface area contributed by atoms with Crippen LogP contribution in [0.25, 0.3) is 6.08 Å². The van der Waals surface area contributed by atoms with Crippen LogP contribution in [0.5, 0.6) is 0 Å². The largest absolute Gasteiger partial charge is 0.460 e.